The van der Waals surface area contributed by atoms with Gasteiger partial charge in [0.15, 0.2) is 11.5 Å². The molecule has 0 radical (unpaired) electrons. The molecular weight excluding hydrogens is 324 g/mol. The first-order valence-electron chi connectivity index (χ1n) is 6.77. The van der Waals surface area contributed by atoms with Crippen molar-refractivity contribution in [2.24, 2.45) is 0 Å². The molecule has 20 heavy (non-hydrogen) atoms. The smallest absolute Gasteiger partial charge is 0.254 e. The lowest BCUT2D eigenvalue weighted by atomic mass is 10.1. The van der Waals surface area contributed by atoms with Gasteiger partial charge in [0.25, 0.3) is 5.91 Å². The first-order chi connectivity index (χ1) is 9.66. The third-order valence-electron chi connectivity index (χ3n) is 3.61. The number of rotatable bonds is 1. The van der Waals surface area contributed by atoms with E-state index in [1.165, 1.54) is 0 Å². The van der Waals surface area contributed by atoms with Gasteiger partial charge in [-0.2, -0.15) is 0 Å². The molecule has 3 rings (SSSR count). The summed E-state index contributed by atoms with van der Waals surface area (Å²) in [5.41, 5.74) is 0.634. The van der Waals surface area contributed by atoms with Crippen LogP contribution in [-0.2, 0) is 0 Å². The molecule has 0 unspecified atom stereocenters. The van der Waals surface area contributed by atoms with Crippen LogP contribution in [0.25, 0.3) is 0 Å². The van der Waals surface area contributed by atoms with Crippen molar-refractivity contribution in [2.45, 2.75) is 13.0 Å². The molecule has 0 spiro atoms. The highest BCUT2D eigenvalue weighted by Gasteiger charge is 2.26. The van der Waals surface area contributed by atoms with Crippen molar-refractivity contribution in [3.63, 3.8) is 0 Å². The average molecular weight is 341 g/mol. The molecule has 1 aromatic carbocycles. The molecule has 5 nitrogen and oxygen atoms in total. The SMILES string of the molecule is C[C@H]1CNCCN1C(=O)c1cc(Br)c2c(c1)OCCO2. The molecular formula is C14H17BrN2O3. The fraction of sp³-hybridized carbons (Fsp3) is 0.500. The minimum absolute atomic E-state index is 0.0386. The Balaban J connectivity index is 1.89. The monoisotopic (exact) mass is 340 g/mol. The second kappa shape index (κ2) is 5.61. The van der Waals surface area contributed by atoms with E-state index in [0.29, 0.717) is 30.3 Å². The summed E-state index contributed by atoms with van der Waals surface area (Å²) in [5.74, 6) is 1.36. The van der Waals surface area contributed by atoms with E-state index in [0.717, 1.165) is 24.1 Å². The Morgan fingerprint density at radius 2 is 2.20 bits per heavy atom. The fourth-order valence-corrected chi connectivity index (χ4v) is 3.10. The molecule has 0 bridgehead atoms. The maximum Gasteiger partial charge on any atom is 0.254 e. The number of nitrogens with one attached hydrogen (secondary N) is 1. The van der Waals surface area contributed by atoms with Gasteiger partial charge >= 0.3 is 0 Å². The lowest BCUT2D eigenvalue weighted by Gasteiger charge is -2.34. The Morgan fingerprint density at radius 1 is 1.40 bits per heavy atom. The van der Waals surface area contributed by atoms with E-state index in [2.05, 4.69) is 28.2 Å². The van der Waals surface area contributed by atoms with Gasteiger partial charge in [0.05, 0.1) is 4.47 Å². The van der Waals surface area contributed by atoms with Crippen LogP contribution in [-0.4, -0.2) is 49.7 Å². The van der Waals surface area contributed by atoms with Gasteiger partial charge in [-0.05, 0) is 35.0 Å². The normalized spacial score (nSPS) is 21.7. The topological polar surface area (TPSA) is 50.8 Å². The van der Waals surface area contributed by atoms with Crippen molar-refractivity contribution in [3.05, 3.63) is 22.2 Å². The third kappa shape index (κ3) is 2.50. The Bertz CT molecular complexity index is 535. The quantitative estimate of drug-likeness (QED) is 0.844. The highest BCUT2D eigenvalue weighted by atomic mass is 79.9. The first kappa shape index (κ1) is 13.7. The summed E-state index contributed by atoms with van der Waals surface area (Å²) in [7, 11) is 0. The lowest BCUT2D eigenvalue weighted by Crippen LogP contribution is -2.52. The van der Waals surface area contributed by atoms with E-state index < -0.39 is 0 Å². The van der Waals surface area contributed by atoms with E-state index in [-0.39, 0.29) is 11.9 Å². The Labute approximate surface area is 126 Å². The van der Waals surface area contributed by atoms with Gasteiger partial charge in [0.1, 0.15) is 13.2 Å². The van der Waals surface area contributed by atoms with Crippen molar-refractivity contribution in [3.8, 4) is 11.5 Å². The van der Waals surface area contributed by atoms with Crippen LogP contribution in [0, 0.1) is 0 Å². The van der Waals surface area contributed by atoms with Crippen molar-refractivity contribution < 1.29 is 14.3 Å². The van der Waals surface area contributed by atoms with E-state index >= 15 is 0 Å². The van der Waals surface area contributed by atoms with Gasteiger partial charge < -0.3 is 19.7 Å². The van der Waals surface area contributed by atoms with Gasteiger partial charge in [-0.25, -0.2) is 0 Å². The highest BCUT2D eigenvalue weighted by molar-refractivity contribution is 9.10. The maximum absolute atomic E-state index is 12.6. The molecule has 2 heterocycles. The molecule has 0 saturated carbocycles. The highest BCUT2D eigenvalue weighted by Crippen LogP contribution is 2.38. The van der Waals surface area contributed by atoms with Crippen LogP contribution in [0.1, 0.15) is 17.3 Å². The number of carbonyl (C=O) groups excluding carboxylic acids is 1. The van der Waals surface area contributed by atoms with Gasteiger partial charge in [-0.15, -0.1) is 0 Å². The number of carbonyl (C=O) groups is 1. The average Bonchev–Trinajstić information content (AvgIpc) is 2.47. The number of fused-ring (bicyclic) bond motifs is 1. The van der Waals surface area contributed by atoms with E-state index in [4.69, 9.17) is 9.47 Å². The van der Waals surface area contributed by atoms with Crippen LogP contribution in [0.4, 0.5) is 0 Å². The summed E-state index contributed by atoms with van der Waals surface area (Å²) in [5, 5.41) is 3.28. The lowest BCUT2D eigenvalue weighted by molar-refractivity contribution is 0.0654. The Kier molecular flexibility index (Phi) is 3.85. The number of ether oxygens (including phenoxy) is 2. The van der Waals surface area contributed by atoms with Crippen molar-refractivity contribution in [1.29, 1.82) is 0 Å². The van der Waals surface area contributed by atoms with Crippen molar-refractivity contribution in [2.75, 3.05) is 32.8 Å². The maximum atomic E-state index is 12.6. The molecule has 0 aromatic heterocycles. The number of piperazine rings is 1. The van der Waals surface area contributed by atoms with E-state index in [1.807, 2.05) is 11.0 Å². The summed E-state index contributed by atoms with van der Waals surface area (Å²) >= 11 is 3.45. The van der Waals surface area contributed by atoms with Gasteiger partial charge in [-0.1, -0.05) is 0 Å². The Hall–Kier alpha value is -1.27. The van der Waals surface area contributed by atoms with Crippen LogP contribution in [0.5, 0.6) is 11.5 Å². The van der Waals surface area contributed by atoms with Crippen molar-refractivity contribution in [1.82, 2.24) is 10.2 Å². The summed E-state index contributed by atoms with van der Waals surface area (Å²) < 4.78 is 11.9. The van der Waals surface area contributed by atoms with Crippen LogP contribution in [0.3, 0.4) is 0 Å². The minimum atomic E-state index is 0.0386. The summed E-state index contributed by atoms with van der Waals surface area (Å²) in [4.78, 5) is 14.5. The summed E-state index contributed by atoms with van der Waals surface area (Å²) in [6, 6.07) is 3.78. The van der Waals surface area contributed by atoms with Crippen LogP contribution in [0.2, 0.25) is 0 Å². The second-order valence-corrected chi connectivity index (χ2v) is 5.89. The minimum Gasteiger partial charge on any atom is -0.486 e. The van der Waals surface area contributed by atoms with Gasteiger partial charge in [0.2, 0.25) is 0 Å². The number of hydrogen-bond donors (Lipinski definition) is 1. The number of hydrogen-bond acceptors (Lipinski definition) is 4. The molecule has 0 aliphatic carbocycles. The van der Waals surface area contributed by atoms with Gasteiger partial charge in [-0.3, -0.25) is 4.79 Å². The van der Waals surface area contributed by atoms with Crippen LogP contribution < -0.4 is 14.8 Å². The van der Waals surface area contributed by atoms with Gasteiger partial charge in [0, 0.05) is 31.2 Å². The van der Waals surface area contributed by atoms with E-state index in [1.54, 1.807) is 6.07 Å². The largest absolute Gasteiger partial charge is 0.486 e. The Morgan fingerprint density at radius 3 is 3.00 bits per heavy atom. The van der Waals surface area contributed by atoms with Crippen LogP contribution >= 0.6 is 15.9 Å². The predicted octanol–water partition coefficient (Wildman–Crippen LogP) is 1.65. The molecule has 2 aliphatic heterocycles. The molecule has 6 heteroatoms. The zero-order valence-corrected chi connectivity index (χ0v) is 12.9. The third-order valence-corrected chi connectivity index (χ3v) is 4.19. The molecule has 1 fully saturated rings. The molecule has 108 valence electrons. The standard InChI is InChI=1S/C14H17BrN2O3/c1-9-8-16-2-3-17(9)14(18)10-6-11(15)13-12(7-10)19-4-5-20-13/h6-7,9,16H,2-5,8H2,1H3/t9-/m0/s1. The molecule has 1 saturated heterocycles. The second-order valence-electron chi connectivity index (χ2n) is 5.03. The summed E-state index contributed by atoms with van der Waals surface area (Å²) in [6.07, 6.45) is 0. The van der Waals surface area contributed by atoms with E-state index in [9.17, 15) is 4.79 Å². The molecule has 1 atom stereocenters. The number of halogens is 1. The molecule has 1 aromatic rings. The zero-order valence-electron chi connectivity index (χ0n) is 11.3. The fourth-order valence-electron chi connectivity index (χ4n) is 2.54. The zero-order chi connectivity index (χ0) is 14.1. The number of nitrogens with zero attached hydrogens (tertiary/aromatic N) is 1. The van der Waals surface area contributed by atoms with Crippen LogP contribution in [0.15, 0.2) is 16.6 Å². The first-order valence-corrected chi connectivity index (χ1v) is 7.57. The molecule has 1 N–H and O–H groups in total. The number of benzene rings is 1. The van der Waals surface area contributed by atoms with Crippen molar-refractivity contribution >= 4 is 21.8 Å². The molecule has 1 amide bonds. The predicted molar refractivity (Wildman–Crippen MR) is 78.5 cm³/mol. The number of amides is 1. The molecule has 2 aliphatic rings. The summed E-state index contributed by atoms with van der Waals surface area (Å²) in [6.45, 7) is 5.50.